The Balaban J connectivity index is 1.62. The molecule has 3 aromatic carbocycles. The van der Waals surface area contributed by atoms with Gasteiger partial charge in [0, 0.05) is 21.0 Å². The van der Waals surface area contributed by atoms with Gasteiger partial charge in [0.2, 0.25) is 0 Å². The Labute approximate surface area is 252 Å². The zero-order valence-corrected chi connectivity index (χ0v) is 24.8. The number of benzene rings is 3. The fraction of sp³-hybridized carbons (Fsp3) is 0.138. The molecule has 4 aromatic rings. The minimum absolute atomic E-state index is 0.0964. The molecule has 1 aromatic heterocycles. The van der Waals surface area contributed by atoms with Crippen molar-refractivity contribution in [2.75, 3.05) is 6.61 Å². The van der Waals surface area contributed by atoms with E-state index in [0.717, 1.165) is 16.2 Å². The highest BCUT2D eigenvalue weighted by molar-refractivity contribution is 7.99. The number of allylic oxidation sites excluding steroid dienone is 1. The maximum atomic E-state index is 13.8. The van der Waals surface area contributed by atoms with Crippen LogP contribution in [0.5, 0.6) is 0 Å². The van der Waals surface area contributed by atoms with Crippen LogP contribution in [0.2, 0.25) is 10.0 Å². The van der Waals surface area contributed by atoms with Crippen LogP contribution in [0.1, 0.15) is 31.0 Å². The number of thiazole rings is 1. The van der Waals surface area contributed by atoms with Crippen LogP contribution in [0.25, 0.3) is 6.08 Å². The number of nitro benzene ring substituents is 1. The molecule has 0 N–H and O–H groups in total. The predicted octanol–water partition coefficient (Wildman–Crippen LogP) is 6.16. The van der Waals surface area contributed by atoms with Crippen LogP contribution >= 0.6 is 46.3 Å². The first-order valence-corrected chi connectivity index (χ1v) is 14.7. The number of hydrogen-bond acceptors (Lipinski definition) is 8. The first-order valence-electron chi connectivity index (χ1n) is 12.3. The average Bonchev–Trinajstić information content (AvgIpc) is 3.24. The van der Waals surface area contributed by atoms with Crippen molar-refractivity contribution in [1.82, 2.24) is 4.57 Å². The third-order valence-corrected chi connectivity index (χ3v) is 8.89. The Morgan fingerprint density at radius 2 is 1.90 bits per heavy atom. The van der Waals surface area contributed by atoms with Gasteiger partial charge in [-0.3, -0.25) is 19.5 Å². The standard InChI is InChI=1S/C29H21Cl2N3O5S2/c1-3-39-28(36)25-16(2)32-29-33(26(25)20-6-4-5-7-21(20)31)27(35)24(41-29)15-17-8-13-23(22(14-17)34(37)38)40-19-11-9-18(30)10-12-19/h4-15,26H,3H2,1-2H3. The molecule has 5 rings (SSSR count). The van der Waals surface area contributed by atoms with Gasteiger partial charge >= 0.3 is 5.97 Å². The topological polar surface area (TPSA) is 104 Å². The first-order chi connectivity index (χ1) is 19.7. The van der Waals surface area contributed by atoms with Gasteiger partial charge in [0.25, 0.3) is 11.2 Å². The predicted molar refractivity (Wildman–Crippen MR) is 161 cm³/mol. The van der Waals surface area contributed by atoms with Crippen molar-refractivity contribution >= 4 is 64.0 Å². The molecule has 1 aliphatic heterocycles. The smallest absolute Gasteiger partial charge is 0.338 e. The Kier molecular flexibility index (Phi) is 8.46. The first kappa shape index (κ1) is 28.8. The van der Waals surface area contributed by atoms with Gasteiger partial charge in [-0.05, 0) is 67.4 Å². The van der Waals surface area contributed by atoms with E-state index in [1.807, 2.05) is 0 Å². The summed E-state index contributed by atoms with van der Waals surface area (Å²) in [6.07, 6.45) is 1.58. The third kappa shape index (κ3) is 5.87. The van der Waals surface area contributed by atoms with E-state index in [9.17, 15) is 19.7 Å². The van der Waals surface area contributed by atoms with E-state index in [1.54, 1.807) is 80.6 Å². The molecule has 1 aliphatic rings. The number of hydrogen-bond donors (Lipinski definition) is 0. The molecular weight excluding hydrogens is 605 g/mol. The lowest BCUT2D eigenvalue weighted by atomic mass is 9.96. The van der Waals surface area contributed by atoms with Crippen molar-refractivity contribution < 1.29 is 14.5 Å². The van der Waals surface area contributed by atoms with E-state index < -0.39 is 22.5 Å². The zero-order valence-electron chi connectivity index (χ0n) is 21.7. The second-order valence-corrected chi connectivity index (χ2v) is 11.8. The Morgan fingerprint density at radius 1 is 1.17 bits per heavy atom. The van der Waals surface area contributed by atoms with E-state index in [4.69, 9.17) is 27.9 Å². The van der Waals surface area contributed by atoms with Crippen molar-refractivity contribution in [2.24, 2.45) is 4.99 Å². The normalized spacial score (nSPS) is 14.9. The minimum atomic E-state index is -0.853. The molecule has 2 heterocycles. The minimum Gasteiger partial charge on any atom is -0.463 e. The molecule has 1 unspecified atom stereocenters. The molecule has 0 saturated heterocycles. The Morgan fingerprint density at radius 3 is 2.59 bits per heavy atom. The zero-order chi connectivity index (χ0) is 29.3. The number of halogens is 2. The molecule has 0 aliphatic carbocycles. The van der Waals surface area contributed by atoms with Crippen molar-refractivity contribution in [3.05, 3.63) is 129 Å². The number of aromatic nitrogens is 1. The molecule has 1 atom stereocenters. The summed E-state index contributed by atoms with van der Waals surface area (Å²) in [4.78, 5) is 44.5. The van der Waals surface area contributed by atoms with Gasteiger partial charge in [0.15, 0.2) is 4.80 Å². The fourth-order valence-corrected chi connectivity index (χ4v) is 6.73. The third-order valence-electron chi connectivity index (χ3n) is 6.24. The second-order valence-electron chi connectivity index (χ2n) is 8.86. The lowest BCUT2D eigenvalue weighted by Crippen LogP contribution is -2.40. The number of rotatable bonds is 7. The van der Waals surface area contributed by atoms with Gasteiger partial charge in [-0.25, -0.2) is 9.79 Å². The molecule has 8 nitrogen and oxygen atoms in total. The quantitative estimate of drug-likeness (QED) is 0.138. The van der Waals surface area contributed by atoms with E-state index in [1.165, 1.54) is 22.4 Å². The number of carbonyl (C=O) groups is 1. The summed E-state index contributed by atoms with van der Waals surface area (Å²) in [5.41, 5.74) is 1.16. The average molecular weight is 627 g/mol. The van der Waals surface area contributed by atoms with Crippen molar-refractivity contribution in [3.8, 4) is 0 Å². The second kappa shape index (κ2) is 12.0. The van der Waals surface area contributed by atoms with E-state index in [-0.39, 0.29) is 17.9 Å². The maximum Gasteiger partial charge on any atom is 0.338 e. The lowest BCUT2D eigenvalue weighted by Gasteiger charge is -2.25. The molecular formula is C29H21Cl2N3O5S2. The lowest BCUT2D eigenvalue weighted by molar-refractivity contribution is -0.387. The molecule has 0 radical (unpaired) electrons. The highest BCUT2D eigenvalue weighted by atomic mass is 35.5. The van der Waals surface area contributed by atoms with Crippen LogP contribution in [-0.4, -0.2) is 22.1 Å². The summed E-state index contributed by atoms with van der Waals surface area (Å²) in [5.74, 6) is -0.586. The van der Waals surface area contributed by atoms with Crippen molar-refractivity contribution in [3.63, 3.8) is 0 Å². The van der Waals surface area contributed by atoms with Gasteiger partial charge in [-0.1, -0.05) is 70.6 Å². The largest absolute Gasteiger partial charge is 0.463 e. The molecule has 208 valence electrons. The van der Waals surface area contributed by atoms with Gasteiger partial charge in [0.05, 0.1) is 32.2 Å². The molecule has 0 amide bonds. The SMILES string of the molecule is CCOC(=O)C1=C(C)N=c2sc(=Cc3ccc(Sc4ccc(Cl)cc4)c([N+](=O)[O-])c3)c(=O)n2C1c1ccccc1Cl. The molecule has 0 saturated carbocycles. The van der Waals surface area contributed by atoms with Crippen LogP contribution < -0.4 is 14.9 Å². The summed E-state index contributed by atoms with van der Waals surface area (Å²) in [7, 11) is 0. The molecule has 41 heavy (non-hydrogen) atoms. The van der Waals surface area contributed by atoms with Gasteiger partial charge < -0.3 is 4.74 Å². The van der Waals surface area contributed by atoms with Crippen LogP contribution in [0.4, 0.5) is 5.69 Å². The van der Waals surface area contributed by atoms with Gasteiger partial charge in [-0.15, -0.1) is 0 Å². The van der Waals surface area contributed by atoms with Crippen LogP contribution in [-0.2, 0) is 9.53 Å². The molecule has 0 spiro atoms. The number of nitro groups is 1. The monoisotopic (exact) mass is 625 g/mol. The number of nitrogens with zero attached hydrogens (tertiary/aromatic N) is 3. The summed E-state index contributed by atoms with van der Waals surface area (Å²) in [6, 6.07) is 17.9. The molecule has 0 fully saturated rings. The van der Waals surface area contributed by atoms with Crippen LogP contribution in [0.3, 0.4) is 0 Å². The maximum absolute atomic E-state index is 13.8. The summed E-state index contributed by atoms with van der Waals surface area (Å²) in [6.45, 7) is 3.54. The number of ether oxygens (including phenoxy) is 1. The number of esters is 1. The van der Waals surface area contributed by atoms with Crippen LogP contribution in [0.15, 0.2) is 97.6 Å². The Bertz CT molecular complexity index is 1900. The van der Waals surface area contributed by atoms with Gasteiger partial charge in [0.1, 0.15) is 6.04 Å². The van der Waals surface area contributed by atoms with Crippen LogP contribution in [0, 0.1) is 10.1 Å². The molecule has 0 bridgehead atoms. The number of fused-ring (bicyclic) bond motifs is 1. The summed E-state index contributed by atoms with van der Waals surface area (Å²) < 4.78 is 7.03. The number of carbonyl (C=O) groups excluding carboxylic acids is 1. The van der Waals surface area contributed by atoms with E-state index in [0.29, 0.717) is 41.1 Å². The van der Waals surface area contributed by atoms with Crippen molar-refractivity contribution in [2.45, 2.75) is 29.7 Å². The fourth-order valence-electron chi connectivity index (χ4n) is 4.42. The highest BCUT2D eigenvalue weighted by Crippen LogP contribution is 2.36. The molecule has 12 heteroatoms. The van der Waals surface area contributed by atoms with Crippen molar-refractivity contribution in [1.29, 1.82) is 0 Å². The highest BCUT2D eigenvalue weighted by Gasteiger charge is 2.34. The van der Waals surface area contributed by atoms with E-state index >= 15 is 0 Å². The van der Waals surface area contributed by atoms with Gasteiger partial charge in [-0.2, -0.15) is 0 Å². The summed E-state index contributed by atoms with van der Waals surface area (Å²) >= 11 is 14.9. The summed E-state index contributed by atoms with van der Waals surface area (Å²) in [5, 5.41) is 12.9. The van der Waals surface area contributed by atoms with E-state index in [2.05, 4.69) is 4.99 Å². The Hall–Kier alpha value is -3.70.